The molecule has 0 fully saturated rings. The number of hydrogen-bond acceptors (Lipinski definition) is 4. The largest absolute Gasteiger partial charge is 0.206 e. The fourth-order valence-corrected chi connectivity index (χ4v) is 4.12. The molecule has 1 heterocycles. The molecule has 3 rings (SSSR count). The van der Waals surface area contributed by atoms with Crippen LogP contribution in [0, 0.1) is 0 Å². The van der Waals surface area contributed by atoms with E-state index in [9.17, 15) is 0 Å². The lowest BCUT2D eigenvalue weighted by molar-refractivity contribution is 0.874. The van der Waals surface area contributed by atoms with Crippen molar-refractivity contribution in [2.24, 2.45) is 0 Å². The minimum atomic E-state index is 0.365. The standard InChI is InChI=1S/C14H6Br3ClN4/c15-7-3-1-4-8(16)11(7)13-19-21-14(22-20-13)12-9(17)5-2-6-10(12)18/h1-6H. The van der Waals surface area contributed by atoms with E-state index in [4.69, 9.17) is 11.6 Å². The Morgan fingerprint density at radius 2 is 1.05 bits per heavy atom. The van der Waals surface area contributed by atoms with Gasteiger partial charge in [-0.05, 0) is 72.1 Å². The van der Waals surface area contributed by atoms with E-state index in [2.05, 4.69) is 68.2 Å². The molecule has 110 valence electrons. The summed E-state index contributed by atoms with van der Waals surface area (Å²) in [6, 6.07) is 11.2. The summed E-state index contributed by atoms with van der Waals surface area (Å²) in [4.78, 5) is 0. The van der Waals surface area contributed by atoms with Gasteiger partial charge in [0.15, 0.2) is 0 Å². The zero-order valence-corrected chi connectivity index (χ0v) is 16.3. The van der Waals surface area contributed by atoms with Crippen LogP contribution in [0.4, 0.5) is 0 Å². The van der Waals surface area contributed by atoms with Crippen molar-refractivity contribution in [2.75, 3.05) is 0 Å². The van der Waals surface area contributed by atoms with Crippen molar-refractivity contribution < 1.29 is 0 Å². The van der Waals surface area contributed by atoms with Crippen molar-refractivity contribution in [3.63, 3.8) is 0 Å². The van der Waals surface area contributed by atoms with Crippen molar-refractivity contribution in [2.45, 2.75) is 0 Å². The molecule has 4 nitrogen and oxygen atoms in total. The third-order valence-corrected chi connectivity index (χ3v) is 5.15. The maximum Gasteiger partial charge on any atom is 0.206 e. The third-order valence-electron chi connectivity index (χ3n) is 2.85. The summed E-state index contributed by atoms with van der Waals surface area (Å²) >= 11 is 16.6. The van der Waals surface area contributed by atoms with E-state index in [1.807, 2.05) is 30.3 Å². The van der Waals surface area contributed by atoms with Crippen molar-refractivity contribution in [1.29, 1.82) is 0 Å². The van der Waals surface area contributed by atoms with Crippen molar-refractivity contribution in [3.8, 4) is 22.8 Å². The number of benzene rings is 2. The Morgan fingerprint density at radius 3 is 1.55 bits per heavy atom. The molecule has 0 atom stereocenters. The van der Waals surface area contributed by atoms with Gasteiger partial charge >= 0.3 is 0 Å². The predicted molar refractivity (Wildman–Crippen MR) is 96.6 cm³/mol. The molecule has 8 heteroatoms. The van der Waals surface area contributed by atoms with E-state index in [-0.39, 0.29) is 0 Å². The summed E-state index contributed by atoms with van der Waals surface area (Å²) in [5, 5.41) is 17.2. The van der Waals surface area contributed by atoms with Crippen molar-refractivity contribution >= 4 is 59.4 Å². The average molecular weight is 505 g/mol. The third kappa shape index (κ3) is 3.08. The smallest absolute Gasteiger partial charge is 0.126 e. The Balaban J connectivity index is 2.08. The Bertz CT molecular complexity index is 729. The Labute approximate surface area is 156 Å². The topological polar surface area (TPSA) is 51.6 Å². The van der Waals surface area contributed by atoms with Crippen LogP contribution >= 0.6 is 59.4 Å². The highest BCUT2D eigenvalue weighted by Crippen LogP contribution is 2.34. The second-order valence-corrected chi connectivity index (χ2v) is 7.21. The predicted octanol–water partition coefficient (Wildman–Crippen LogP) is 5.54. The molecular weight excluding hydrogens is 499 g/mol. The monoisotopic (exact) mass is 502 g/mol. The fraction of sp³-hybridized carbons (Fsp3) is 0. The SMILES string of the molecule is Clc1cccc(Br)c1-c1nnc(-c2c(Br)cccc2Br)nn1. The quantitative estimate of drug-likeness (QED) is 0.459. The summed E-state index contributed by atoms with van der Waals surface area (Å²) in [6.07, 6.45) is 0. The number of halogens is 4. The first-order chi connectivity index (χ1) is 10.6. The van der Waals surface area contributed by atoms with Gasteiger partial charge in [-0.1, -0.05) is 23.7 Å². The highest BCUT2D eigenvalue weighted by Gasteiger charge is 2.15. The molecule has 0 saturated heterocycles. The minimum Gasteiger partial charge on any atom is -0.126 e. The summed E-state index contributed by atoms with van der Waals surface area (Å²) in [5.41, 5.74) is 1.47. The molecule has 0 unspecified atom stereocenters. The zero-order chi connectivity index (χ0) is 15.7. The number of nitrogens with zero attached hydrogens (tertiary/aromatic N) is 4. The second kappa shape index (κ2) is 6.70. The van der Waals surface area contributed by atoms with Gasteiger partial charge in [0.1, 0.15) is 0 Å². The Hall–Kier alpha value is -0.890. The van der Waals surface area contributed by atoms with Gasteiger partial charge in [0, 0.05) is 13.4 Å². The van der Waals surface area contributed by atoms with Gasteiger partial charge in [0.05, 0.1) is 16.1 Å². The minimum absolute atomic E-state index is 0.365. The molecule has 0 aliphatic carbocycles. The van der Waals surface area contributed by atoms with Crippen LogP contribution in [0.25, 0.3) is 22.8 Å². The molecule has 0 amide bonds. The summed E-state index contributed by atoms with van der Waals surface area (Å²) in [7, 11) is 0. The van der Waals surface area contributed by atoms with Crippen LogP contribution in [-0.2, 0) is 0 Å². The maximum atomic E-state index is 6.19. The first-order valence-electron chi connectivity index (χ1n) is 6.04. The van der Waals surface area contributed by atoms with Crippen LogP contribution in [0.1, 0.15) is 0 Å². The van der Waals surface area contributed by atoms with E-state index < -0.39 is 0 Å². The molecular formula is C14H6Br3ClN4. The molecule has 1 aromatic heterocycles. The van der Waals surface area contributed by atoms with Crippen LogP contribution in [0.5, 0.6) is 0 Å². The first kappa shape index (κ1) is 16.0. The normalized spacial score (nSPS) is 10.7. The molecule has 0 aliphatic heterocycles. The van der Waals surface area contributed by atoms with Gasteiger partial charge in [-0.3, -0.25) is 0 Å². The lowest BCUT2D eigenvalue weighted by atomic mass is 10.2. The number of aromatic nitrogens is 4. The lowest BCUT2D eigenvalue weighted by Gasteiger charge is -2.06. The van der Waals surface area contributed by atoms with Gasteiger partial charge in [-0.25, -0.2) is 0 Å². The molecule has 0 aliphatic rings. The van der Waals surface area contributed by atoms with Gasteiger partial charge in [-0.15, -0.1) is 20.4 Å². The highest BCUT2D eigenvalue weighted by molar-refractivity contribution is 9.11. The van der Waals surface area contributed by atoms with Crippen LogP contribution in [-0.4, -0.2) is 20.4 Å². The van der Waals surface area contributed by atoms with Crippen LogP contribution in [0.15, 0.2) is 49.8 Å². The van der Waals surface area contributed by atoms with Gasteiger partial charge in [-0.2, -0.15) is 0 Å². The van der Waals surface area contributed by atoms with Crippen LogP contribution < -0.4 is 0 Å². The first-order valence-corrected chi connectivity index (χ1v) is 8.80. The molecule has 22 heavy (non-hydrogen) atoms. The lowest BCUT2D eigenvalue weighted by Crippen LogP contribution is -2.01. The average Bonchev–Trinajstić information content (AvgIpc) is 2.48. The van der Waals surface area contributed by atoms with Gasteiger partial charge < -0.3 is 0 Å². The fourth-order valence-electron chi connectivity index (χ4n) is 1.85. The van der Waals surface area contributed by atoms with Crippen LogP contribution in [0.3, 0.4) is 0 Å². The molecule has 3 aromatic rings. The molecule has 2 aromatic carbocycles. The molecule has 0 saturated carbocycles. The van der Waals surface area contributed by atoms with Gasteiger partial charge in [0.25, 0.3) is 0 Å². The molecule has 0 N–H and O–H groups in total. The van der Waals surface area contributed by atoms with Gasteiger partial charge in [0.2, 0.25) is 11.6 Å². The summed E-state index contributed by atoms with van der Waals surface area (Å²) in [6.45, 7) is 0. The number of rotatable bonds is 2. The highest BCUT2D eigenvalue weighted by atomic mass is 79.9. The van der Waals surface area contributed by atoms with Crippen LogP contribution in [0.2, 0.25) is 5.02 Å². The van der Waals surface area contributed by atoms with E-state index in [0.717, 1.165) is 19.0 Å². The molecule has 0 spiro atoms. The maximum absolute atomic E-state index is 6.19. The van der Waals surface area contributed by atoms with E-state index in [1.54, 1.807) is 6.07 Å². The van der Waals surface area contributed by atoms with E-state index >= 15 is 0 Å². The Kier molecular flexibility index (Phi) is 4.87. The second-order valence-electron chi connectivity index (χ2n) is 4.24. The molecule has 0 bridgehead atoms. The summed E-state index contributed by atoms with van der Waals surface area (Å²) in [5.74, 6) is 0.788. The Morgan fingerprint density at radius 1 is 0.636 bits per heavy atom. The summed E-state index contributed by atoms with van der Waals surface area (Å²) < 4.78 is 2.51. The van der Waals surface area contributed by atoms with Crippen molar-refractivity contribution in [3.05, 3.63) is 54.8 Å². The molecule has 0 radical (unpaired) electrons. The van der Waals surface area contributed by atoms with E-state index in [1.165, 1.54) is 0 Å². The van der Waals surface area contributed by atoms with Crippen molar-refractivity contribution in [1.82, 2.24) is 20.4 Å². The number of hydrogen-bond donors (Lipinski definition) is 0. The van der Waals surface area contributed by atoms with E-state index in [0.29, 0.717) is 22.2 Å². The zero-order valence-electron chi connectivity index (χ0n) is 10.8.